The second-order valence-electron chi connectivity index (χ2n) is 8.98. The third-order valence-electron chi connectivity index (χ3n) is 6.75. The number of benzene rings is 2. The van der Waals surface area contributed by atoms with Crippen molar-refractivity contribution in [1.29, 1.82) is 0 Å². The molecule has 1 aliphatic rings. The van der Waals surface area contributed by atoms with E-state index in [-0.39, 0.29) is 23.2 Å². The van der Waals surface area contributed by atoms with Crippen LogP contribution >= 0.6 is 11.8 Å². The lowest BCUT2D eigenvalue weighted by atomic mass is 9.78. The van der Waals surface area contributed by atoms with Crippen LogP contribution in [0.3, 0.4) is 0 Å². The van der Waals surface area contributed by atoms with Gasteiger partial charge in [0.25, 0.3) is 11.2 Å². The van der Waals surface area contributed by atoms with Crippen molar-refractivity contribution in [3.8, 4) is 0 Å². The molecule has 1 fully saturated rings. The minimum Gasteiger partial charge on any atom is -0.325 e. The SMILES string of the molecule is C[C@@H]1[C@@H](C)CCC[C@@H]1n1c(S[C@@H](C)C(=O)Nc2cccc([N+](=O)[O-])c2)nc2ccccc2c1=O. The highest BCUT2D eigenvalue weighted by Gasteiger charge is 2.32. The van der Waals surface area contributed by atoms with Gasteiger partial charge in [-0.15, -0.1) is 0 Å². The summed E-state index contributed by atoms with van der Waals surface area (Å²) in [6.07, 6.45) is 3.08. The van der Waals surface area contributed by atoms with Crippen LogP contribution in [0.25, 0.3) is 10.9 Å². The van der Waals surface area contributed by atoms with E-state index in [1.807, 2.05) is 18.2 Å². The second-order valence-corrected chi connectivity index (χ2v) is 10.3. The van der Waals surface area contributed by atoms with E-state index < -0.39 is 10.2 Å². The summed E-state index contributed by atoms with van der Waals surface area (Å²) in [5.74, 6) is 0.483. The van der Waals surface area contributed by atoms with E-state index in [9.17, 15) is 19.7 Å². The highest BCUT2D eigenvalue weighted by atomic mass is 32.2. The fraction of sp³-hybridized carbons (Fsp3) is 0.400. The van der Waals surface area contributed by atoms with Crippen molar-refractivity contribution in [2.75, 3.05) is 5.32 Å². The quantitative estimate of drug-likeness (QED) is 0.218. The molecular weight excluding hydrogens is 452 g/mol. The molecule has 34 heavy (non-hydrogen) atoms. The maximum atomic E-state index is 13.6. The van der Waals surface area contributed by atoms with Gasteiger partial charge in [0.05, 0.1) is 21.1 Å². The second kappa shape index (κ2) is 9.97. The first-order valence-electron chi connectivity index (χ1n) is 11.5. The molecule has 2 aromatic carbocycles. The number of carbonyl (C=O) groups excluding carboxylic acids is 1. The fourth-order valence-corrected chi connectivity index (χ4v) is 5.54. The van der Waals surface area contributed by atoms with Crippen LogP contribution in [0.2, 0.25) is 0 Å². The first kappa shape index (κ1) is 23.9. The summed E-state index contributed by atoms with van der Waals surface area (Å²) in [6, 6.07) is 13.1. The zero-order chi connectivity index (χ0) is 24.4. The van der Waals surface area contributed by atoms with Crippen LogP contribution in [0, 0.1) is 22.0 Å². The smallest absolute Gasteiger partial charge is 0.271 e. The molecule has 1 aromatic heterocycles. The number of nitrogens with zero attached hydrogens (tertiary/aromatic N) is 3. The molecule has 1 heterocycles. The minimum absolute atomic E-state index is 0.0166. The molecule has 1 aliphatic carbocycles. The van der Waals surface area contributed by atoms with Crippen LogP contribution < -0.4 is 10.9 Å². The standard InChI is InChI=1S/C25H28N4O4S/c1-15-8-6-13-22(16(15)2)28-24(31)20-11-4-5-12-21(20)27-25(28)34-17(3)23(30)26-18-9-7-10-19(14-18)29(32)33/h4-5,7,9-12,14-17,22H,6,8,13H2,1-3H3,(H,26,30)/t15-,16+,17-,22-/m0/s1. The van der Waals surface area contributed by atoms with Gasteiger partial charge in [-0.25, -0.2) is 4.98 Å². The maximum absolute atomic E-state index is 13.6. The van der Waals surface area contributed by atoms with Gasteiger partial charge in [-0.3, -0.25) is 24.3 Å². The summed E-state index contributed by atoms with van der Waals surface area (Å²) in [5.41, 5.74) is 0.785. The largest absolute Gasteiger partial charge is 0.325 e. The highest BCUT2D eigenvalue weighted by molar-refractivity contribution is 8.00. The molecule has 0 radical (unpaired) electrons. The monoisotopic (exact) mass is 480 g/mol. The molecule has 3 aromatic rings. The third kappa shape index (κ3) is 4.84. The van der Waals surface area contributed by atoms with E-state index in [0.29, 0.717) is 33.6 Å². The number of para-hydroxylation sites is 1. The number of nitrogens with one attached hydrogen (secondary N) is 1. The lowest BCUT2D eigenvalue weighted by Gasteiger charge is -2.36. The summed E-state index contributed by atoms with van der Waals surface area (Å²) in [7, 11) is 0. The van der Waals surface area contributed by atoms with Crippen LogP contribution in [0.15, 0.2) is 58.5 Å². The molecule has 4 rings (SSSR count). The van der Waals surface area contributed by atoms with Crippen molar-refractivity contribution in [2.45, 2.75) is 56.5 Å². The van der Waals surface area contributed by atoms with Gasteiger partial charge >= 0.3 is 0 Å². The number of hydrogen-bond acceptors (Lipinski definition) is 6. The van der Waals surface area contributed by atoms with Crippen LogP contribution in [-0.2, 0) is 4.79 Å². The summed E-state index contributed by atoms with van der Waals surface area (Å²) in [4.78, 5) is 41.9. The van der Waals surface area contributed by atoms with Crippen LogP contribution in [0.1, 0.15) is 46.1 Å². The molecule has 1 saturated carbocycles. The number of amides is 1. The van der Waals surface area contributed by atoms with Gasteiger partial charge in [-0.1, -0.05) is 56.7 Å². The Bertz CT molecular complexity index is 1290. The van der Waals surface area contributed by atoms with Gasteiger partial charge in [0, 0.05) is 23.9 Å². The van der Waals surface area contributed by atoms with E-state index in [2.05, 4.69) is 19.2 Å². The molecule has 8 nitrogen and oxygen atoms in total. The predicted octanol–water partition coefficient (Wildman–Crippen LogP) is 5.42. The van der Waals surface area contributed by atoms with Gasteiger partial charge in [0.1, 0.15) is 0 Å². The van der Waals surface area contributed by atoms with Crippen LogP contribution in [0.4, 0.5) is 11.4 Å². The van der Waals surface area contributed by atoms with Gasteiger partial charge in [0.15, 0.2) is 5.16 Å². The fourth-order valence-electron chi connectivity index (χ4n) is 4.57. The number of thioether (sulfide) groups is 1. The number of nitro benzene ring substituents is 1. The number of anilines is 1. The number of non-ortho nitro benzene ring substituents is 1. The molecule has 4 atom stereocenters. The zero-order valence-electron chi connectivity index (χ0n) is 19.4. The summed E-state index contributed by atoms with van der Waals surface area (Å²) in [6.45, 7) is 6.15. The Morgan fingerprint density at radius 1 is 1.21 bits per heavy atom. The predicted molar refractivity (Wildman–Crippen MR) is 134 cm³/mol. The molecular formula is C25H28N4O4S. The van der Waals surface area contributed by atoms with E-state index in [4.69, 9.17) is 4.98 Å². The van der Waals surface area contributed by atoms with Gasteiger partial charge in [0.2, 0.25) is 5.91 Å². The molecule has 1 amide bonds. The van der Waals surface area contributed by atoms with Crippen LogP contribution in [-0.4, -0.2) is 25.6 Å². The van der Waals surface area contributed by atoms with Crippen molar-refractivity contribution in [3.63, 3.8) is 0 Å². The Hall–Kier alpha value is -3.20. The Morgan fingerprint density at radius 3 is 2.74 bits per heavy atom. The summed E-state index contributed by atoms with van der Waals surface area (Å²) in [5, 5.41) is 14.3. The molecule has 9 heteroatoms. The molecule has 0 aliphatic heterocycles. The Balaban J connectivity index is 1.66. The first-order chi connectivity index (χ1) is 16.3. The molecule has 0 spiro atoms. The van der Waals surface area contributed by atoms with E-state index in [0.717, 1.165) is 19.3 Å². The van der Waals surface area contributed by atoms with Crippen molar-refractivity contribution < 1.29 is 9.72 Å². The Kier molecular flexibility index (Phi) is 7.02. The first-order valence-corrected chi connectivity index (χ1v) is 12.4. The molecule has 0 bridgehead atoms. The number of hydrogen-bond donors (Lipinski definition) is 1. The lowest BCUT2D eigenvalue weighted by molar-refractivity contribution is -0.384. The van der Waals surface area contributed by atoms with Crippen molar-refractivity contribution >= 4 is 39.9 Å². The Morgan fingerprint density at radius 2 is 1.97 bits per heavy atom. The van der Waals surface area contributed by atoms with Crippen LogP contribution in [0.5, 0.6) is 0 Å². The zero-order valence-corrected chi connectivity index (χ0v) is 20.2. The van der Waals surface area contributed by atoms with E-state index in [1.54, 1.807) is 23.6 Å². The highest BCUT2D eigenvalue weighted by Crippen LogP contribution is 2.39. The van der Waals surface area contributed by atoms with Gasteiger partial charge in [-0.2, -0.15) is 0 Å². The molecule has 0 unspecified atom stereocenters. The maximum Gasteiger partial charge on any atom is 0.271 e. The lowest BCUT2D eigenvalue weighted by Crippen LogP contribution is -2.36. The molecule has 0 saturated heterocycles. The molecule has 1 N–H and O–H groups in total. The topological polar surface area (TPSA) is 107 Å². The number of fused-ring (bicyclic) bond motifs is 1. The number of nitro groups is 1. The van der Waals surface area contributed by atoms with E-state index >= 15 is 0 Å². The van der Waals surface area contributed by atoms with Crippen molar-refractivity contribution in [1.82, 2.24) is 9.55 Å². The third-order valence-corrected chi connectivity index (χ3v) is 7.81. The van der Waals surface area contributed by atoms with E-state index in [1.165, 1.54) is 30.0 Å². The van der Waals surface area contributed by atoms with Gasteiger partial charge in [-0.05, 0) is 43.4 Å². The summed E-state index contributed by atoms with van der Waals surface area (Å²) >= 11 is 1.24. The number of rotatable bonds is 6. The van der Waals surface area contributed by atoms with Crippen molar-refractivity contribution in [3.05, 3.63) is 69.0 Å². The minimum atomic E-state index is -0.574. The van der Waals surface area contributed by atoms with Crippen molar-refractivity contribution in [2.24, 2.45) is 11.8 Å². The van der Waals surface area contributed by atoms with Gasteiger partial charge < -0.3 is 5.32 Å². The normalized spacial score (nSPS) is 21.2. The number of carbonyl (C=O) groups is 1. The molecule has 178 valence electrons. The Labute approximate surface area is 201 Å². The average Bonchev–Trinajstić information content (AvgIpc) is 2.82. The average molecular weight is 481 g/mol. The number of aromatic nitrogens is 2. The summed E-state index contributed by atoms with van der Waals surface area (Å²) < 4.78 is 1.80.